The molecule has 2 rings (SSSR count). The molecule has 1 saturated heterocycles. The Bertz CT molecular complexity index is 479. The van der Waals surface area contributed by atoms with E-state index in [1.807, 2.05) is 12.1 Å². The first kappa shape index (κ1) is 13.4. The van der Waals surface area contributed by atoms with Crippen LogP contribution in [-0.4, -0.2) is 26.0 Å². The molecule has 0 amide bonds. The molecule has 0 bridgehead atoms. The van der Waals surface area contributed by atoms with E-state index >= 15 is 0 Å². The molecular weight excluding hydrogens is 246 g/mol. The number of anilines is 1. The monoisotopic (exact) mass is 267 g/mol. The van der Waals surface area contributed by atoms with E-state index in [2.05, 4.69) is 24.4 Å². The van der Waals surface area contributed by atoms with Gasteiger partial charge in [-0.15, -0.1) is 0 Å². The standard InChI is InChI=1S/C14H21NO2S/c1-2-4-12-6-8-13(9-7-12)15-14-5-3-10-18(16,17)11-14/h6-9,14-15H,2-5,10-11H2,1H3. The lowest BCUT2D eigenvalue weighted by Gasteiger charge is -2.24. The van der Waals surface area contributed by atoms with Crippen LogP contribution in [0.1, 0.15) is 31.7 Å². The van der Waals surface area contributed by atoms with Gasteiger partial charge in [0.25, 0.3) is 0 Å². The average molecular weight is 267 g/mol. The number of rotatable bonds is 4. The van der Waals surface area contributed by atoms with Crippen molar-refractivity contribution in [2.24, 2.45) is 0 Å². The Morgan fingerprint density at radius 1 is 1.28 bits per heavy atom. The topological polar surface area (TPSA) is 46.2 Å². The Labute approximate surface area is 110 Å². The molecule has 1 heterocycles. The predicted octanol–water partition coefficient (Wildman–Crippen LogP) is 2.63. The molecule has 1 aromatic carbocycles. The molecular formula is C14H21NO2S. The van der Waals surface area contributed by atoms with E-state index in [1.54, 1.807) is 0 Å². The molecule has 4 heteroatoms. The average Bonchev–Trinajstić information content (AvgIpc) is 2.31. The van der Waals surface area contributed by atoms with Gasteiger partial charge in [-0.25, -0.2) is 8.42 Å². The van der Waals surface area contributed by atoms with Crippen LogP contribution in [0.2, 0.25) is 0 Å². The lowest BCUT2D eigenvalue weighted by atomic mass is 10.1. The van der Waals surface area contributed by atoms with E-state index in [-0.39, 0.29) is 11.8 Å². The summed E-state index contributed by atoms with van der Waals surface area (Å²) in [5.41, 5.74) is 2.36. The predicted molar refractivity (Wildman–Crippen MR) is 75.7 cm³/mol. The Morgan fingerprint density at radius 3 is 2.61 bits per heavy atom. The van der Waals surface area contributed by atoms with Gasteiger partial charge in [-0.1, -0.05) is 25.5 Å². The fraction of sp³-hybridized carbons (Fsp3) is 0.571. The first-order valence-electron chi connectivity index (χ1n) is 6.65. The fourth-order valence-corrected chi connectivity index (χ4v) is 4.06. The molecule has 0 spiro atoms. The summed E-state index contributed by atoms with van der Waals surface area (Å²) in [6, 6.07) is 8.39. The molecule has 1 aliphatic heterocycles. The van der Waals surface area contributed by atoms with Crippen LogP contribution in [0.5, 0.6) is 0 Å². The van der Waals surface area contributed by atoms with Crippen molar-refractivity contribution in [1.29, 1.82) is 0 Å². The van der Waals surface area contributed by atoms with E-state index in [0.29, 0.717) is 5.75 Å². The second kappa shape index (κ2) is 5.74. The van der Waals surface area contributed by atoms with E-state index in [4.69, 9.17) is 0 Å². The zero-order chi connectivity index (χ0) is 13.0. The number of hydrogen-bond donors (Lipinski definition) is 1. The highest BCUT2D eigenvalue weighted by Gasteiger charge is 2.24. The Kier molecular flexibility index (Phi) is 4.27. The summed E-state index contributed by atoms with van der Waals surface area (Å²) in [6.45, 7) is 2.17. The summed E-state index contributed by atoms with van der Waals surface area (Å²) in [5, 5.41) is 3.33. The van der Waals surface area contributed by atoms with Gasteiger partial charge in [0.15, 0.2) is 9.84 Å². The highest BCUT2D eigenvalue weighted by Crippen LogP contribution is 2.18. The largest absolute Gasteiger partial charge is 0.381 e. The van der Waals surface area contributed by atoms with Crippen molar-refractivity contribution in [2.45, 2.75) is 38.6 Å². The van der Waals surface area contributed by atoms with Crippen LogP contribution in [0.25, 0.3) is 0 Å². The summed E-state index contributed by atoms with van der Waals surface area (Å²) < 4.78 is 23.1. The van der Waals surface area contributed by atoms with Gasteiger partial charge in [-0.05, 0) is 37.0 Å². The lowest BCUT2D eigenvalue weighted by molar-refractivity contribution is 0.562. The first-order chi connectivity index (χ1) is 8.59. The summed E-state index contributed by atoms with van der Waals surface area (Å²) in [7, 11) is -2.83. The molecule has 1 atom stereocenters. The second-order valence-corrected chi connectivity index (χ2v) is 7.27. The molecule has 18 heavy (non-hydrogen) atoms. The second-order valence-electron chi connectivity index (χ2n) is 5.04. The van der Waals surface area contributed by atoms with E-state index in [1.165, 1.54) is 5.56 Å². The van der Waals surface area contributed by atoms with Gasteiger partial charge in [-0.3, -0.25) is 0 Å². The van der Waals surface area contributed by atoms with Gasteiger partial charge < -0.3 is 5.32 Å². The third-order valence-electron chi connectivity index (χ3n) is 3.33. The smallest absolute Gasteiger partial charge is 0.152 e. The van der Waals surface area contributed by atoms with Crippen molar-refractivity contribution in [3.63, 3.8) is 0 Å². The number of hydrogen-bond acceptors (Lipinski definition) is 3. The molecule has 1 N–H and O–H groups in total. The minimum atomic E-state index is -2.83. The van der Waals surface area contributed by atoms with Gasteiger partial charge in [0.05, 0.1) is 11.5 Å². The third kappa shape index (κ3) is 3.73. The van der Waals surface area contributed by atoms with Crippen LogP contribution in [0.15, 0.2) is 24.3 Å². The molecule has 0 radical (unpaired) electrons. The van der Waals surface area contributed by atoms with E-state index < -0.39 is 9.84 Å². The molecule has 100 valence electrons. The number of sulfone groups is 1. The fourth-order valence-electron chi connectivity index (χ4n) is 2.43. The molecule has 3 nitrogen and oxygen atoms in total. The molecule has 1 aromatic rings. The van der Waals surface area contributed by atoms with Crippen LogP contribution in [0.3, 0.4) is 0 Å². The lowest BCUT2D eigenvalue weighted by Crippen LogP contribution is -2.34. The maximum absolute atomic E-state index is 11.6. The van der Waals surface area contributed by atoms with E-state index in [0.717, 1.165) is 31.4 Å². The maximum atomic E-state index is 11.6. The van der Waals surface area contributed by atoms with Crippen molar-refractivity contribution in [3.05, 3.63) is 29.8 Å². The Hall–Kier alpha value is -1.03. The summed E-state index contributed by atoms with van der Waals surface area (Å²) >= 11 is 0. The maximum Gasteiger partial charge on any atom is 0.152 e. The zero-order valence-electron chi connectivity index (χ0n) is 10.9. The number of benzene rings is 1. The number of aryl methyl sites for hydroxylation is 1. The van der Waals surface area contributed by atoms with Gasteiger partial charge in [0.1, 0.15) is 0 Å². The van der Waals surface area contributed by atoms with Crippen LogP contribution in [-0.2, 0) is 16.3 Å². The van der Waals surface area contributed by atoms with Crippen molar-refractivity contribution in [1.82, 2.24) is 0 Å². The third-order valence-corrected chi connectivity index (χ3v) is 5.15. The van der Waals surface area contributed by atoms with Crippen LogP contribution >= 0.6 is 0 Å². The summed E-state index contributed by atoms with van der Waals surface area (Å²) in [4.78, 5) is 0. The molecule has 0 aromatic heterocycles. The highest BCUT2D eigenvalue weighted by atomic mass is 32.2. The first-order valence-corrected chi connectivity index (χ1v) is 8.47. The Balaban J connectivity index is 1.96. The molecule has 1 aliphatic rings. The van der Waals surface area contributed by atoms with E-state index in [9.17, 15) is 8.42 Å². The van der Waals surface area contributed by atoms with Crippen molar-refractivity contribution >= 4 is 15.5 Å². The van der Waals surface area contributed by atoms with Gasteiger partial charge in [0, 0.05) is 11.7 Å². The SMILES string of the molecule is CCCc1ccc(NC2CCCS(=O)(=O)C2)cc1. The van der Waals surface area contributed by atoms with Crippen molar-refractivity contribution in [3.8, 4) is 0 Å². The normalized spacial score (nSPS) is 22.6. The van der Waals surface area contributed by atoms with Crippen LogP contribution in [0, 0.1) is 0 Å². The molecule has 0 aliphatic carbocycles. The van der Waals surface area contributed by atoms with Crippen LogP contribution in [0.4, 0.5) is 5.69 Å². The minimum Gasteiger partial charge on any atom is -0.381 e. The molecule has 0 saturated carbocycles. The van der Waals surface area contributed by atoms with Gasteiger partial charge in [0.2, 0.25) is 0 Å². The summed E-state index contributed by atoms with van der Waals surface area (Å²) in [5.74, 6) is 0.615. The quantitative estimate of drug-likeness (QED) is 0.912. The van der Waals surface area contributed by atoms with Gasteiger partial charge >= 0.3 is 0 Å². The van der Waals surface area contributed by atoms with Crippen molar-refractivity contribution < 1.29 is 8.42 Å². The zero-order valence-corrected chi connectivity index (χ0v) is 11.7. The highest BCUT2D eigenvalue weighted by molar-refractivity contribution is 7.91. The Morgan fingerprint density at radius 2 is 2.00 bits per heavy atom. The van der Waals surface area contributed by atoms with Crippen molar-refractivity contribution in [2.75, 3.05) is 16.8 Å². The molecule has 1 unspecified atom stereocenters. The van der Waals surface area contributed by atoms with Crippen LogP contribution < -0.4 is 5.32 Å². The number of nitrogens with one attached hydrogen (secondary N) is 1. The molecule has 1 fully saturated rings. The van der Waals surface area contributed by atoms with Gasteiger partial charge in [-0.2, -0.15) is 0 Å². The summed E-state index contributed by atoms with van der Waals surface area (Å²) in [6.07, 6.45) is 3.95. The minimum absolute atomic E-state index is 0.0702.